The highest BCUT2D eigenvalue weighted by Gasteiger charge is 1.86. The van der Waals surface area contributed by atoms with Crippen LogP contribution in [0.2, 0.25) is 0 Å². The van der Waals surface area contributed by atoms with Gasteiger partial charge in [0, 0.05) is 6.42 Å². The van der Waals surface area contributed by atoms with Crippen molar-refractivity contribution < 1.29 is 0 Å². The number of guanidine groups is 2. The summed E-state index contributed by atoms with van der Waals surface area (Å²) < 4.78 is 0. The molecule has 0 aromatic rings. The van der Waals surface area contributed by atoms with E-state index in [1.165, 1.54) is 0 Å². The van der Waals surface area contributed by atoms with Crippen LogP contribution in [-0.4, -0.2) is 18.5 Å². The van der Waals surface area contributed by atoms with Gasteiger partial charge in [0.1, 0.15) is 0 Å². The molecule has 0 aliphatic heterocycles. The molecule has 0 amide bonds. The lowest BCUT2D eigenvalue weighted by molar-refractivity contribution is 1.02. The van der Waals surface area contributed by atoms with Gasteiger partial charge in [-0.25, -0.2) is 0 Å². The minimum absolute atomic E-state index is 0.0853. The van der Waals surface area contributed by atoms with Crippen LogP contribution in [0, 0.1) is 11.8 Å². The topological polar surface area (TPSA) is 103 Å². The zero-order chi connectivity index (χ0) is 9.40. The first-order valence-electron chi connectivity index (χ1n) is 3.46. The normalized spacial score (nSPS) is 9.92. The van der Waals surface area contributed by atoms with E-state index in [0.717, 1.165) is 0 Å². The van der Waals surface area contributed by atoms with Gasteiger partial charge in [0.25, 0.3) is 0 Å². The Morgan fingerprint density at radius 1 is 1.33 bits per heavy atom. The summed E-state index contributed by atoms with van der Waals surface area (Å²) in [5.74, 6) is 5.58. The van der Waals surface area contributed by atoms with Gasteiger partial charge in [-0.05, 0) is 6.92 Å². The molecule has 0 spiro atoms. The second-order valence-electron chi connectivity index (χ2n) is 1.95. The second kappa shape index (κ2) is 6.04. The zero-order valence-corrected chi connectivity index (χ0v) is 7.04. The second-order valence-corrected chi connectivity index (χ2v) is 1.95. The van der Waals surface area contributed by atoms with E-state index in [1.807, 2.05) is 0 Å². The molecule has 66 valence electrons. The van der Waals surface area contributed by atoms with E-state index in [2.05, 4.69) is 21.8 Å². The molecular formula is C7H13N5. The van der Waals surface area contributed by atoms with Crippen molar-refractivity contribution in [3.05, 3.63) is 0 Å². The lowest BCUT2D eigenvalue weighted by Crippen LogP contribution is -2.26. The van der Waals surface area contributed by atoms with Crippen LogP contribution < -0.4 is 17.2 Å². The number of rotatable bonds is 2. The first-order chi connectivity index (χ1) is 5.66. The third-order valence-corrected chi connectivity index (χ3v) is 0.931. The summed E-state index contributed by atoms with van der Waals surface area (Å²) in [7, 11) is 0. The third-order valence-electron chi connectivity index (χ3n) is 0.931. The van der Waals surface area contributed by atoms with Crippen molar-refractivity contribution in [1.82, 2.24) is 0 Å². The molecule has 0 bridgehead atoms. The summed E-state index contributed by atoms with van der Waals surface area (Å²) in [4.78, 5) is 7.37. The summed E-state index contributed by atoms with van der Waals surface area (Å²) in [5, 5.41) is 0. The smallest absolute Gasteiger partial charge is 0.218 e. The van der Waals surface area contributed by atoms with Crippen LogP contribution in [0.1, 0.15) is 13.3 Å². The van der Waals surface area contributed by atoms with E-state index >= 15 is 0 Å². The van der Waals surface area contributed by atoms with Crippen LogP contribution in [0.5, 0.6) is 0 Å². The molecule has 0 aromatic carbocycles. The van der Waals surface area contributed by atoms with Crippen LogP contribution in [0.4, 0.5) is 0 Å². The third kappa shape index (κ3) is 6.42. The monoisotopic (exact) mass is 167 g/mol. The Bertz CT molecular complexity index is 238. The average Bonchev–Trinajstić information content (AvgIpc) is 1.97. The molecule has 12 heavy (non-hydrogen) atoms. The first kappa shape index (κ1) is 10.3. The van der Waals surface area contributed by atoms with Crippen molar-refractivity contribution in [3.8, 4) is 11.8 Å². The maximum atomic E-state index is 5.31. The maximum Gasteiger partial charge on any atom is 0.218 e. The summed E-state index contributed by atoms with van der Waals surface area (Å²) >= 11 is 0. The molecule has 0 aliphatic rings. The van der Waals surface area contributed by atoms with Crippen molar-refractivity contribution in [1.29, 1.82) is 0 Å². The predicted octanol–water partition coefficient (Wildman–Crippen LogP) is -1.01. The summed E-state index contributed by atoms with van der Waals surface area (Å²) in [6.45, 7) is 2.28. The minimum atomic E-state index is -0.0853. The van der Waals surface area contributed by atoms with E-state index in [0.29, 0.717) is 13.0 Å². The van der Waals surface area contributed by atoms with E-state index < -0.39 is 0 Å². The summed E-state index contributed by atoms with van der Waals surface area (Å²) in [6, 6.07) is 0. The van der Waals surface area contributed by atoms with Crippen LogP contribution in [0.25, 0.3) is 0 Å². The highest BCUT2D eigenvalue weighted by atomic mass is 15.1. The molecule has 0 aliphatic carbocycles. The SMILES string of the molecule is CC#CCCN=C(N)N=C(N)N. The zero-order valence-electron chi connectivity index (χ0n) is 7.04. The highest BCUT2D eigenvalue weighted by molar-refractivity contribution is 5.92. The number of hydrogen-bond donors (Lipinski definition) is 3. The van der Waals surface area contributed by atoms with Crippen molar-refractivity contribution >= 4 is 11.9 Å². The van der Waals surface area contributed by atoms with Crippen LogP contribution >= 0.6 is 0 Å². The molecule has 0 saturated carbocycles. The molecule has 0 aromatic heterocycles. The Balaban J connectivity index is 3.82. The standard InChI is InChI=1S/C7H13N5/c1-2-3-4-5-11-7(10)12-6(8)9/h4-5H2,1H3,(H6,8,9,10,11,12). The number of nitrogens with zero attached hydrogens (tertiary/aromatic N) is 2. The highest BCUT2D eigenvalue weighted by Crippen LogP contribution is 1.79. The molecule has 0 fully saturated rings. The lowest BCUT2D eigenvalue weighted by Gasteiger charge is -1.92. The van der Waals surface area contributed by atoms with Crippen LogP contribution in [-0.2, 0) is 0 Å². The molecule has 0 saturated heterocycles. The van der Waals surface area contributed by atoms with Gasteiger partial charge in [0.2, 0.25) is 5.96 Å². The van der Waals surface area contributed by atoms with Crippen molar-refractivity contribution in [3.63, 3.8) is 0 Å². The van der Waals surface area contributed by atoms with Gasteiger partial charge in [-0.3, -0.25) is 4.99 Å². The molecule has 0 heterocycles. The minimum Gasteiger partial charge on any atom is -0.370 e. The molecule has 6 N–H and O–H groups in total. The summed E-state index contributed by atoms with van der Waals surface area (Å²) in [5.41, 5.74) is 15.4. The van der Waals surface area contributed by atoms with Gasteiger partial charge in [-0.1, -0.05) is 0 Å². The maximum absolute atomic E-state index is 5.31. The fourth-order valence-corrected chi connectivity index (χ4v) is 0.519. The molecule has 0 atom stereocenters. The fourth-order valence-electron chi connectivity index (χ4n) is 0.519. The molecule has 0 radical (unpaired) electrons. The van der Waals surface area contributed by atoms with E-state index in [1.54, 1.807) is 6.92 Å². The van der Waals surface area contributed by atoms with Gasteiger partial charge in [-0.2, -0.15) is 4.99 Å². The van der Waals surface area contributed by atoms with Gasteiger partial charge < -0.3 is 17.2 Å². The van der Waals surface area contributed by atoms with Gasteiger partial charge in [0.05, 0.1) is 6.54 Å². The first-order valence-corrected chi connectivity index (χ1v) is 3.46. The molecule has 5 heteroatoms. The molecular weight excluding hydrogens is 154 g/mol. The summed E-state index contributed by atoms with van der Waals surface area (Å²) in [6.07, 6.45) is 0.664. The molecule has 0 rings (SSSR count). The van der Waals surface area contributed by atoms with E-state index in [-0.39, 0.29) is 11.9 Å². The van der Waals surface area contributed by atoms with Gasteiger partial charge in [0.15, 0.2) is 5.96 Å². The van der Waals surface area contributed by atoms with Gasteiger partial charge >= 0.3 is 0 Å². The average molecular weight is 167 g/mol. The van der Waals surface area contributed by atoms with Crippen molar-refractivity contribution in [2.24, 2.45) is 27.2 Å². The van der Waals surface area contributed by atoms with E-state index in [9.17, 15) is 0 Å². The Kier molecular flexibility index (Phi) is 5.18. The largest absolute Gasteiger partial charge is 0.370 e. The van der Waals surface area contributed by atoms with Crippen LogP contribution in [0.15, 0.2) is 9.98 Å². The van der Waals surface area contributed by atoms with Crippen molar-refractivity contribution in [2.45, 2.75) is 13.3 Å². The number of hydrogen-bond acceptors (Lipinski definition) is 1. The fraction of sp³-hybridized carbons (Fsp3) is 0.429. The predicted molar refractivity (Wildman–Crippen MR) is 50.4 cm³/mol. The lowest BCUT2D eigenvalue weighted by atomic mass is 10.4. The van der Waals surface area contributed by atoms with Crippen LogP contribution in [0.3, 0.4) is 0 Å². The Labute approximate surface area is 71.7 Å². The number of aliphatic imine (C=N–C) groups is 2. The Morgan fingerprint density at radius 2 is 2.00 bits per heavy atom. The van der Waals surface area contributed by atoms with Gasteiger partial charge in [-0.15, -0.1) is 11.8 Å². The molecule has 5 nitrogen and oxygen atoms in total. The Morgan fingerprint density at radius 3 is 2.50 bits per heavy atom. The van der Waals surface area contributed by atoms with E-state index in [4.69, 9.17) is 17.2 Å². The Hall–Kier alpha value is -1.70. The molecule has 0 unspecified atom stereocenters. The quantitative estimate of drug-likeness (QED) is 0.212. The number of nitrogens with two attached hydrogens (primary N) is 3. The van der Waals surface area contributed by atoms with Crippen molar-refractivity contribution in [2.75, 3.05) is 6.54 Å².